The number of hydrogen-bond acceptors (Lipinski definition) is 18. The van der Waals surface area contributed by atoms with Gasteiger partial charge in [-0.25, -0.2) is 35.6 Å². The molecule has 20 rings (SSSR count). The van der Waals surface area contributed by atoms with E-state index in [1.165, 1.54) is 113 Å². The van der Waals surface area contributed by atoms with E-state index in [0.717, 1.165) is 144 Å². The third kappa shape index (κ3) is 18.2. The van der Waals surface area contributed by atoms with Crippen molar-refractivity contribution in [2.45, 2.75) is 224 Å². The lowest BCUT2D eigenvalue weighted by Gasteiger charge is -2.73. The minimum absolute atomic E-state index is 0.0300. The molecule has 26 heteroatoms. The van der Waals surface area contributed by atoms with Crippen LogP contribution >= 0.6 is 0 Å². The number of carbonyl (C=O) groups excluding carboxylic acids is 2. The maximum Gasteiger partial charge on any atom is 0.273 e. The number of anilines is 2. The zero-order valence-electron chi connectivity index (χ0n) is 71.9. The number of pyridine rings is 2. The number of nitro groups is 2. The summed E-state index contributed by atoms with van der Waals surface area (Å²) in [5.41, 5.74) is 11.1. The number of benzene rings is 4. The van der Waals surface area contributed by atoms with Crippen LogP contribution in [0.2, 0.25) is 0 Å². The summed E-state index contributed by atoms with van der Waals surface area (Å²) >= 11 is 0. The van der Waals surface area contributed by atoms with Crippen LogP contribution in [0.5, 0.6) is 23.0 Å². The number of Topliss-reactive ketones (excluding diaryl/α,β-unsaturated/α-hetero) is 2. The van der Waals surface area contributed by atoms with Gasteiger partial charge in [-0.3, -0.25) is 39.6 Å². The first-order chi connectivity index (χ1) is 58.8. The maximum atomic E-state index is 14.1. The molecule has 4 aromatic heterocycles. The highest BCUT2D eigenvalue weighted by molar-refractivity contribution is 7.92. The van der Waals surface area contributed by atoms with Crippen molar-refractivity contribution < 1.29 is 54.5 Å². The second-order valence-corrected chi connectivity index (χ2v) is 43.8. The number of rotatable bonds is 30. The highest BCUT2D eigenvalue weighted by atomic mass is 32.2. The van der Waals surface area contributed by atoms with Gasteiger partial charge in [0.2, 0.25) is 6.43 Å². The molecule has 0 unspecified atom stereocenters. The molecule has 10 fully saturated rings. The summed E-state index contributed by atoms with van der Waals surface area (Å²) in [6.45, 7) is 20.2. The number of piperazine rings is 2. The Labute approximate surface area is 721 Å². The molecule has 0 amide bonds. The summed E-state index contributed by atoms with van der Waals surface area (Å²) in [6, 6.07) is 26.0. The number of ether oxygens (including phenoxy) is 2. The number of sulfone groups is 2. The highest BCUT2D eigenvalue weighted by Crippen LogP contribution is 2.80. The van der Waals surface area contributed by atoms with Gasteiger partial charge in [-0.05, 0) is 202 Å². The monoisotopic (exact) mass is 1720 g/mol. The Kier molecular flexibility index (Phi) is 23.9. The molecule has 0 atom stereocenters. The summed E-state index contributed by atoms with van der Waals surface area (Å²) < 4.78 is 95.6. The van der Waals surface area contributed by atoms with Crippen LogP contribution in [0.15, 0.2) is 154 Å². The molecule has 8 aromatic rings. The average molecular weight is 1720 g/mol. The number of nitrogens with zero attached hydrogens (tertiary/aromatic N) is 8. The van der Waals surface area contributed by atoms with Crippen molar-refractivity contribution in [2.24, 2.45) is 44.3 Å². The molecule has 123 heavy (non-hydrogen) atoms. The van der Waals surface area contributed by atoms with Crippen LogP contribution < -0.4 is 19.3 Å². The van der Waals surface area contributed by atoms with Crippen molar-refractivity contribution >= 4 is 76.1 Å². The fraction of sp³-hybridized carbons (Fsp3) is 0.546. The third-order valence-electron chi connectivity index (χ3n) is 30.1. The molecular weight excluding hydrogens is 1600 g/mol. The number of aromatic nitrogens is 4. The van der Waals surface area contributed by atoms with Gasteiger partial charge < -0.3 is 29.2 Å². The molecule has 654 valence electrons. The molecule has 4 bridgehead atoms. The number of fused-ring (bicyclic) bond motifs is 2. The number of ketones is 2. The Bertz CT molecular complexity index is 5650. The van der Waals surface area contributed by atoms with Gasteiger partial charge in [0.15, 0.2) is 31.2 Å². The van der Waals surface area contributed by atoms with E-state index in [2.05, 4.69) is 74.2 Å². The van der Waals surface area contributed by atoms with Gasteiger partial charge in [0.1, 0.15) is 45.8 Å². The minimum atomic E-state index is -4.28. The molecule has 10 aliphatic carbocycles. The fourth-order valence-electron chi connectivity index (χ4n) is 22.9. The number of aromatic amines is 2. The van der Waals surface area contributed by atoms with Crippen molar-refractivity contribution in [3.63, 3.8) is 0 Å². The lowest BCUT2D eigenvalue weighted by molar-refractivity contribution is -0.385. The molecule has 0 spiro atoms. The van der Waals surface area contributed by atoms with Gasteiger partial charge in [-0.15, -0.1) is 0 Å². The van der Waals surface area contributed by atoms with Crippen molar-refractivity contribution in [3.8, 4) is 23.0 Å². The summed E-state index contributed by atoms with van der Waals surface area (Å²) in [6.07, 6.45) is 32.8. The van der Waals surface area contributed by atoms with E-state index >= 15 is 0 Å². The SMILES string of the molecule is CC1(C)CCC(CN2CCN(c3ccc(C(=O)CS(=O)(=O)c4ccc(CCC5CCCCC5)c([N+](=O)[O-])c4)c(Oc4cnc5[nH]ccc5c4)c3)CC2)=C(C23CC(C(F)F)(C2)C3)C1.CCC12CC(C3=C(CN4CCN(c5ccc(C(=O)CS(=O)(=O)c6ccc(CCC7CCCCC7)c([N+](=O)[O-])c6)c(Oc6cnc7[nH]ccc7c6)c5)CC4)CCC(C)(C)C3)(C1)C2. The van der Waals surface area contributed by atoms with Crippen LogP contribution in [0.25, 0.3) is 22.1 Å². The smallest absolute Gasteiger partial charge is 0.273 e. The van der Waals surface area contributed by atoms with Crippen LogP contribution in [0.1, 0.15) is 227 Å². The zero-order chi connectivity index (χ0) is 86.0. The first-order valence-corrected chi connectivity index (χ1v) is 48.4. The van der Waals surface area contributed by atoms with Crippen molar-refractivity contribution in [1.29, 1.82) is 0 Å². The molecule has 0 radical (unpaired) electrons. The van der Waals surface area contributed by atoms with E-state index in [-0.39, 0.29) is 54.6 Å². The van der Waals surface area contributed by atoms with Gasteiger partial charge in [0.05, 0.1) is 43.2 Å². The third-order valence-corrected chi connectivity index (χ3v) is 33.3. The maximum absolute atomic E-state index is 14.1. The quantitative estimate of drug-likeness (QED) is 0.0183. The van der Waals surface area contributed by atoms with Gasteiger partial charge in [-0.1, -0.05) is 140 Å². The molecule has 22 nitrogen and oxygen atoms in total. The van der Waals surface area contributed by atoms with Gasteiger partial charge >= 0.3 is 0 Å². The Morgan fingerprint density at radius 1 is 0.537 bits per heavy atom. The van der Waals surface area contributed by atoms with E-state index in [0.29, 0.717) is 107 Å². The summed E-state index contributed by atoms with van der Waals surface area (Å²) in [5, 5.41) is 26.0. The van der Waals surface area contributed by atoms with E-state index in [1.54, 1.807) is 66.3 Å². The predicted molar refractivity (Wildman–Crippen MR) is 474 cm³/mol. The fourth-order valence-corrected chi connectivity index (χ4v) is 25.4. The minimum Gasteiger partial charge on any atom is -0.455 e. The molecule has 2 saturated heterocycles. The molecule has 2 aliphatic heterocycles. The Morgan fingerprint density at radius 3 is 1.33 bits per heavy atom. The number of hydrogen-bond donors (Lipinski definition) is 2. The summed E-state index contributed by atoms with van der Waals surface area (Å²) in [4.78, 5) is 75.5. The topological polar surface area (TPSA) is 277 Å². The van der Waals surface area contributed by atoms with Gasteiger partial charge in [-0.2, -0.15) is 0 Å². The van der Waals surface area contributed by atoms with Crippen LogP contribution in [0.4, 0.5) is 31.5 Å². The predicted octanol–water partition coefficient (Wildman–Crippen LogP) is 21.1. The lowest BCUT2D eigenvalue weighted by atomic mass is 9.31. The van der Waals surface area contributed by atoms with Crippen LogP contribution in [-0.4, -0.2) is 151 Å². The standard InChI is InChI=1S/C49H61N5O6S.C48H57F2N5O6S/c1-4-48-31-49(32-48,33-48)42-27-47(2,3)18-16-37(42)29-52-20-22-53(23-21-52)38-13-15-41(45(25-38)60-39-24-36-17-19-50-46(36)51-28-39)44(55)30-61(58,59)40-14-12-35(43(26-40)54(56)57)11-10-34-8-6-5-7-9-34;1-46(2)16-14-35(40(25-46)47-29-48(30-47,31-47)45(49)50)27-53-18-20-54(21-19-53)36-11-13-39(43(23-36)61-37-22-34-15-17-51-44(34)52-26-37)42(56)28-62(59,60)38-12-10-33(41(24-38)55(57)58)9-8-32-6-4-3-5-7-32/h12-15,17,19,24-26,28,34H,4-11,16,18,20-23,27,29-33H2,1-3H3,(H,50,51);10-13,15,17,22-24,26,32,45H,3-9,14,16,18-21,25,27-31H2,1-2H3,(H,51,52). The molecule has 6 heterocycles. The Hall–Kier alpha value is -9.24. The van der Waals surface area contributed by atoms with Crippen LogP contribution in [0, 0.1) is 64.6 Å². The number of alkyl halides is 2. The molecule has 2 N–H and O–H groups in total. The second kappa shape index (κ2) is 34.3. The van der Waals surface area contributed by atoms with E-state index in [1.807, 2.05) is 36.4 Å². The summed E-state index contributed by atoms with van der Waals surface area (Å²) in [5.74, 6) is -0.842. The zero-order valence-corrected chi connectivity index (χ0v) is 73.5. The van der Waals surface area contributed by atoms with Crippen LogP contribution in [-0.2, 0) is 32.5 Å². The van der Waals surface area contributed by atoms with Crippen LogP contribution in [0.3, 0.4) is 0 Å². The van der Waals surface area contributed by atoms with Gasteiger partial charge in [0, 0.05) is 141 Å². The molecule has 4 aromatic carbocycles. The number of carbonyl (C=O) groups is 2. The largest absolute Gasteiger partial charge is 0.455 e. The molecular formula is C97H118F2N10O12S2. The Balaban J connectivity index is 0.000000175. The van der Waals surface area contributed by atoms with Gasteiger partial charge in [0.25, 0.3) is 11.4 Å². The van der Waals surface area contributed by atoms with E-state index in [4.69, 9.17) is 9.47 Å². The average Bonchev–Trinajstić information content (AvgIpc) is 1.00. The lowest BCUT2D eigenvalue weighted by Crippen LogP contribution is -2.66. The second-order valence-electron chi connectivity index (χ2n) is 39.8. The first kappa shape index (κ1) is 85.9. The number of allylic oxidation sites excluding steroid dienone is 2. The van der Waals surface area contributed by atoms with E-state index < -0.39 is 64.4 Å². The number of nitro benzene ring substituents is 2. The van der Waals surface area contributed by atoms with Crippen molar-refractivity contribution in [1.82, 2.24) is 29.7 Å². The number of H-pyrrole nitrogens is 2. The Morgan fingerprint density at radius 2 is 0.943 bits per heavy atom. The highest BCUT2D eigenvalue weighted by Gasteiger charge is 2.73. The summed E-state index contributed by atoms with van der Waals surface area (Å²) in [7, 11) is -8.52. The van der Waals surface area contributed by atoms with E-state index in [9.17, 15) is 55.4 Å². The number of nitrogens with one attached hydrogen (secondary N) is 2. The number of halogens is 2. The normalized spacial score (nSPS) is 24.3. The van der Waals surface area contributed by atoms with Crippen molar-refractivity contribution in [2.75, 3.05) is 86.8 Å². The van der Waals surface area contributed by atoms with Crippen molar-refractivity contribution in [3.05, 3.63) is 187 Å². The number of aryl methyl sites for hydroxylation is 2. The molecule has 12 aliphatic rings. The molecule has 8 saturated carbocycles. The first-order valence-electron chi connectivity index (χ1n) is 45.1.